The van der Waals surface area contributed by atoms with E-state index < -0.39 is 9.84 Å². The van der Waals surface area contributed by atoms with Crippen molar-refractivity contribution in [3.05, 3.63) is 48.5 Å². The Labute approximate surface area is 159 Å². The Kier molecular flexibility index (Phi) is 6.01. The zero-order valence-electron chi connectivity index (χ0n) is 15.2. The van der Waals surface area contributed by atoms with Crippen LogP contribution in [0.1, 0.15) is 19.8 Å². The molecular weight excluding hydrogens is 366 g/mol. The molecule has 2 aromatic rings. The summed E-state index contributed by atoms with van der Waals surface area (Å²) >= 11 is 0. The molecule has 0 unspecified atom stereocenters. The lowest BCUT2D eigenvalue weighted by Crippen LogP contribution is -2.17. The second kappa shape index (κ2) is 8.43. The summed E-state index contributed by atoms with van der Waals surface area (Å²) in [5, 5.41) is 2.80. The number of amides is 1. The molecule has 1 heterocycles. The van der Waals surface area contributed by atoms with E-state index in [2.05, 4.69) is 5.32 Å². The van der Waals surface area contributed by atoms with Crippen LogP contribution in [0, 0.1) is 5.92 Å². The van der Waals surface area contributed by atoms with Crippen LogP contribution in [0.25, 0.3) is 0 Å². The monoisotopic (exact) mass is 389 g/mol. The van der Waals surface area contributed by atoms with Crippen molar-refractivity contribution in [2.24, 2.45) is 5.92 Å². The van der Waals surface area contributed by atoms with E-state index >= 15 is 0 Å². The van der Waals surface area contributed by atoms with Crippen LogP contribution in [0.15, 0.2) is 48.5 Å². The fourth-order valence-electron chi connectivity index (χ4n) is 3.02. The largest absolute Gasteiger partial charge is 0.494 e. The van der Waals surface area contributed by atoms with Gasteiger partial charge in [-0.05, 0) is 67.8 Å². The lowest BCUT2D eigenvalue weighted by atomic mass is 10.1. The Morgan fingerprint density at radius 2 is 1.63 bits per heavy atom. The van der Waals surface area contributed by atoms with Gasteiger partial charge < -0.3 is 14.8 Å². The summed E-state index contributed by atoms with van der Waals surface area (Å²) in [4.78, 5) is 12.1. The minimum absolute atomic E-state index is 0.0859. The van der Waals surface area contributed by atoms with Crippen LogP contribution in [-0.2, 0) is 14.6 Å². The first kappa shape index (κ1) is 19.2. The van der Waals surface area contributed by atoms with Crippen LogP contribution >= 0.6 is 0 Å². The van der Waals surface area contributed by atoms with Gasteiger partial charge in [0.05, 0.1) is 18.1 Å². The Morgan fingerprint density at radius 3 is 2.19 bits per heavy atom. The molecule has 2 aromatic carbocycles. The first-order valence-corrected chi connectivity index (χ1v) is 10.8. The molecule has 1 N–H and O–H groups in total. The zero-order valence-corrected chi connectivity index (χ0v) is 16.0. The molecule has 0 bridgehead atoms. The predicted octanol–water partition coefficient (Wildman–Crippen LogP) is 3.64. The third-order valence-electron chi connectivity index (χ3n) is 4.31. The van der Waals surface area contributed by atoms with E-state index in [1.807, 2.05) is 31.2 Å². The fourth-order valence-corrected chi connectivity index (χ4v) is 4.88. The Hall–Kier alpha value is -2.54. The lowest BCUT2D eigenvalue weighted by molar-refractivity contribution is -0.116. The molecule has 6 nitrogen and oxygen atoms in total. The van der Waals surface area contributed by atoms with E-state index in [1.165, 1.54) is 0 Å². The Balaban J connectivity index is 1.51. The van der Waals surface area contributed by atoms with E-state index in [-0.39, 0.29) is 29.8 Å². The lowest BCUT2D eigenvalue weighted by Gasteiger charge is -2.10. The topological polar surface area (TPSA) is 81.7 Å². The van der Waals surface area contributed by atoms with Crippen molar-refractivity contribution in [1.29, 1.82) is 0 Å². The van der Waals surface area contributed by atoms with Gasteiger partial charge in [-0.1, -0.05) is 0 Å². The maximum Gasteiger partial charge on any atom is 0.224 e. The number of ether oxygens (including phenoxy) is 2. The molecule has 0 saturated carbocycles. The van der Waals surface area contributed by atoms with E-state index in [1.54, 1.807) is 24.3 Å². The second-order valence-corrected chi connectivity index (χ2v) is 8.78. The summed E-state index contributed by atoms with van der Waals surface area (Å²) in [6.45, 7) is 2.55. The van der Waals surface area contributed by atoms with Crippen molar-refractivity contribution in [3.63, 3.8) is 0 Å². The zero-order chi connectivity index (χ0) is 19.3. The van der Waals surface area contributed by atoms with Crippen LogP contribution in [0.3, 0.4) is 0 Å². The second-order valence-electron chi connectivity index (χ2n) is 6.55. The van der Waals surface area contributed by atoms with Crippen molar-refractivity contribution in [3.8, 4) is 17.2 Å². The first-order chi connectivity index (χ1) is 12.9. The molecule has 0 aromatic heterocycles. The molecule has 1 atom stereocenters. The average molecular weight is 389 g/mol. The quantitative estimate of drug-likeness (QED) is 0.782. The van der Waals surface area contributed by atoms with E-state index in [9.17, 15) is 13.2 Å². The Morgan fingerprint density at radius 1 is 1.04 bits per heavy atom. The molecule has 0 aliphatic carbocycles. The SMILES string of the molecule is CCOc1ccc(Oc2ccc(NC(=O)C[C@H]3CCS(=O)(=O)C3)cc2)cc1. The summed E-state index contributed by atoms with van der Waals surface area (Å²) in [7, 11) is -2.96. The van der Waals surface area contributed by atoms with Crippen molar-refractivity contribution >= 4 is 21.4 Å². The van der Waals surface area contributed by atoms with E-state index in [0.29, 0.717) is 30.2 Å². The molecule has 144 valence electrons. The van der Waals surface area contributed by atoms with Gasteiger partial charge in [-0.25, -0.2) is 8.42 Å². The van der Waals surface area contributed by atoms with Crippen LogP contribution in [-0.4, -0.2) is 32.4 Å². The van der Waals surface area contributed by atoms with Crippen LogP contribution < -0.4 is 14.8 Å². The molecule has 1 fully saturated rings. The molecular formula is C20H23NO5S. The smallest absolute Gasteiger partial charge is 0.224 e. The number of anilines is 1. The van der Waals surface area contributed by atoms with Gasteiger partial charge in [-0.15, -0.1) is 0 Å². The fraction of sp³-hybridized carbons (Fsp3) is 0.350. The van der Waals surface area contributed by atoms with Gasteiger partial charge in [-0.3, -0.25) is 4.79 Å². The summed E-state index contributed by atoms with van der Waals surface area (Å²) < 4.78 is 34.1. The van der Waals surface area contributed by atoms with Gasteiger partial charge >= 0.3 is 0 Å². The van der Waals surface area contributed by atoms with Gasteiger partial charge in [0.2, 0.25) is 5.91 Å². The van der Waals surface area contributed by atoms with E-state index in [4.69, 9.17) is 9.47 Å². The number of hydrogen-bond acceptors (Lipinski definition) is 5. The first-order valence-electron chi connectivity index (χ1n) is 8.94. The van der Waals surface area contributed by atoms with Crippen LogP contribution in [0.4, 0.5) is 5.69 Å². The van der Waals surface area contributed by atoms with E-state index in [0.717, 1.165) is 5.75 Å². The predicted molar refractivity (Wildman–Crippen MR) is 104 cm³/mol. The number of rotatable bonds is 7. The third kappa shape index (κ3) is 5.72. The summed E-state index contributed by atoms with van der Waals surface area (Å²) in [6.07, 6.45) is 0.786. The highest BCUT2D eigenvalue weighted by Gasteiger charge is 2.29. The van der Waals surface area contributed by atoms with Gasteiger partial charge in [0.25, 0.3) is 0 Å². The molecule has 7 heteroatoms. The Bertz CT molecular complexity index is 876. The average Bonchev–Trinajstić information content (AvgIpc) is 2.97. The van der Waals surface area contributed by atoms with Crippen molar-refractivity contribution in [2.45, 2.75) is 19.8 Å². The molecule has 1 aliphatic heterocycles. The standard InChI is InChI=1S/C20H23NO5S/c1-2-25-17-7-9-19(10-8-17)26-18-5-3-16(4-6-18)21-20(22)13-15-11-12-27(23,24)14-15/h3-10,15H,2,11-14H2,1H3,(H,21,22)/t15-/m1/s1. The highest BCUT2D eigenvalue weighted by Crippen LogP contribution is 2.26. The van der Waals surface area contributed by atoms with Crippen LogP contribution in [0.2, 0.25) is 0 Å². The minimum atomic E-state index is -2.96. The maximum absolute atomic E-state index is 12.1. The van der Waals surface area contributed by atoms with Gasteiger partial charge in [0.15, 0.2) is 9.84 Å². The summed E-state index contributed by atoms with van der Waals surface area (Å²) in [5.74, 6) is 2.17. The maximum atomic E-state index is 12.1. The van der Waals surface area contributed by atoms with Gasteiger partial charge in [0.1, 0.15) is 17.2 Å². The van der Waals surface area contributed by atoms with Crippen molar-refractivity contribution in [1.82, 2.24) is 0 Å². The molecule has 1 amide bonds. The van der Waals surface area contributed by atoms with Crippen molar-refractivity contribution < 1.29 is 22.7 Å². The number of benzene rings is 2. The normalized spacial score (nSPS) is 18.0. The molecule has 1 aliphatic rings. The summed E-state index contributed by atoms with van der Waals surface area (Å²) in [6, 6.07) is 14.4. The number of sulfone groups is 1. The number of carbonyl (C=O) groups is 1. The summed E-state index contributed by atoms with van der Waals surface area (Å²) in [5.41, 5.74) is 0.653. The van der Waals surface area contributed by atoms with Crippen LogP contribution in [0.5, 0.6) is 17.2 Å². The number of nitrogens with one attached hydrogen (secondary N) is 1. The van der Waals surface area contributed by atoms with Crippen molar-refractivity contribution in [2.75, 3.05) is 23.4 Å². The van der Waals surface area contributed by atoms with Gasteiger partial charge in [-0.2, -0.15) is 0 Å². The molecule has 3 rings (SSSR count). The highest BCUT2D eigenvalue weighted by atomic mass is 32.2. The third-order valence-corrected chi connectivity index (χ3v) is 6.15. The minimum Gasteiger partial charge on any atom is -0.494 e. The molecule has 0 radical (unpaired) electrons. The van der Waals surface area contributed by atoms with Gasteiger partial charge in [0, 0.05) is 12.1 Å². The highest BCUT2D eigenvalue weighted by molar-refractivity contribution is 7.91. The molecule has 1 saturated heterocycles. The molecule has 0 spiro atoms. The molecule has 27 heavy (non-hydrogen) atoms. The number of hydrogen-bond donors (Lipinski definition) is 1. The number of carbonyl (C=O) groups excluding carboxylic acids is 1.